The van der Waals surface area contributed by atoms with E-state index in [1.54, 1.807) is 13.0 Å². The van der Waals surface area contributed by atoms with Gasteiger partial charge in [-0.3, -0.25) is 14.4 Å². The van der Waals surface area contributed by atoms with E-state index in [1.165, 1.54) is 16.3 Å². The largest absolute Gasteiger partial charge is 0.466 e. The molecule has 7 nitrogen and oxygen atoms in total. The molecule has 198 valence electrons. The molecule has 0 aliphatic rings. The van der Waals surface area contributed by atoms with Gasteiger partial charge in [-0.2, -0.15) is 5.10 Å². The second-order valence-corrected chi connectivity index (χ2v) is 9.38. The van der Waals surface area contributed by atoms with Crippen molar-refractivity contribution in [2.24, 2.45) is 0 Å². The Bertz CT molecular complexity index is 1200. The lowest BCUT2D eigenvalue weighted by atomic mass is 10.0. The summed E-state index contributed by atoms with van der Waals surface area (Å²) in [6.07, 6.45) is 2.45. The minimum Gasteiger partial charge on any atom is -0.466 e. The first-order valence-corrected chi connectivity index (χ1v) is 12.7. The van der Waals surface area contributed by atoms with Gasteiger partial charge < -0.3 is 9.64 Å². The van der Waals surface area contributed by atoms with E-state index in [2.05, 4.69) is 29.1 Å². The van der Waals surface area contributed by atoms with Crippen LogP contribution in [0.5, 0.6) is 0 Å². The number of esters is 1. The molecule has 3 rings (SSSR count). The van der Waals surface area contributed by atoms with E-state index < -0.39 is 0 Å². The molecule has 2 aromatic carbocycles. The van der Waals surface area contributed by atoms with Gasteiger partial charge in [0.2, 0.25) is 0 Å². The fourth-order valence-corrected chi connectivity index (χ4v) is 3.67. The summed E-state index contributed by atoms with van der Waals surface area (Å²) in [5, 5.41) is 4.20. The second kappa shape index (κ2) is 15.5. The van der Waals surface area contributed by atoms with Crippen LogP contribution in [0.25, 0.3) is 0 Å². The van der Waals surface area contributed by atoms with Crippen molar-refractivity contribution >= 4 is 11.8 Å². The maximum Gasteiger partial charge on any atom is 0.310 e. The predicted molar refractivity (Wildman–Crippen MR) is 147 cm³/mol. The summed E-state index contributed by atoms with van der Waals surface area (Å²) < 4.78 is 6.35. The van der Waals surface area contributed by atoms with Crippen LogP contribution in [0, 0.1) is 13.8 Å². The highest BCUT2D eigenvalue weighted by Crippen LogP contribution is 2.08. The molecule has 0 aliphatic heterocycles. The van der Waals surface area contributed by atoms with Gasteiger partial charge in [-0.25, -0.2) is 4.68 Å². The van der Waals surface area contributed by atoms with Crippen molar-refractivity contribution in [2.45, 2.75) is 53.0 Å². The highest BCUT2D eigenvalue weighted by Gasteiger charge is 2.06. The van der Waals surface area contributed by atoms with Crippen LogP contribution >= 0.6 is 0 Å². The number of aryl methyl sites for hydroxylation is 2. The third kappa shape index (κ3) is 11.8. The standard InChI is InChI=1S/C16H18N2O3.C14H21NO/c1-3-21-16(20)10-13-5-4-6-14(9-13)11-18-15(19)8-7-12(2)17-18;1-12-6-8-13(9-7-12)11-14(16)5-4-10-15(2)3/h4-9H,3,10-11H2,1-2H3;6-9H,4-5,10-11H2,1-3H3. The number of benzene rings is 2. The number of carbonyl (C=O) groups is 2. The van der Waals surface area contributed by atoms with Gasteiger partial charge in [-0.15, -0.1) is 0 Å². The van der Waals surface area contributed by atoms with Gasteiger partial charge in [0.15, 0.2) is 0 Å². The first kappa shape index (κ1) is 29.6. The second-order valence-electron chi connectivity index (χ2n) is 9.38. The number of aromatic nitrogens is 2. The summed E-state index contributed by atoms with van der Waals surface area (Å²) >= 11 is 0. The molecule has 0 saturated carbocycles. The predicted octanol–water partition coefficient (Wildman–Crippen LogP) is 4.15. The molecule has 1 aromatic heterocycles. The van der Waals surface area contributed by atoms with E-state index in [9.17, 15) is 14.4 Å². The molecule has 7 heteroatoms. The average molecular weight is 506 g/mol. The highest BCUT2D eigenvalue weighted by molar-refractivity contribution is 5.80. The molecule has 3 aromatic rings. The lowest BCUT2D eigenvalue weighted by Crippen LogP contribution is -2.23. The Morgan fingerprint density at radius 2 is 1.62 bits per heavy atom. The van der Waals surface area contributed by atoms with Crippen LogP contribution in [-0.4, -0.2) is 53.7 Å². The van der Waals surface area contributed by atoms with Crippen molar-refractivity contribution in [3.05, 3.63) is 99.0 Å². The molecule has 1 heterocycles. The zero-order valence-electron chi connectivity index (χ0n) is 22.7. The summed E-state index contributed by atoms with van der Waals surface area (Å²) in [6.45, 7) is 7.43. The first-order chi connectivity index (χ1) is 17.7. The number of ether oxygens (including phenoxy) is 1. The van der Waals surface area contributed by atoms with E-state index in [4.69, 9.17) is 4.74 Å². The summed E-state index contributed by atoms with van der Waals surface area (Å²) in [5.41, 5.74) is 4.81. The Labute approximate surface area is 220 Å². The smallest absolute Gasteiger partial charge is 0.310 e. The van der Waals surface area contributed by atoms with Gasteiger partial charge in [-0.05, 0) is 70.6 Å². The normalized spacial score (nSPS) is 10.5. The Morgan fingerprint density at radius 1 is 0.919 bits per heavy atom. The third-order valence-electron chi connectivity index (χ3n) is 5.56. The van der Waals surface area contributed by atoms with Crippen molar-refractivity contribution in [3.63, 3.8) is 0 Å². The number of hydrogen-bond acceptors (Lipinski definition) is 6. The molecule has 0 unspecified atom stereocenters. The van der Waals surface area contributed by atoms with Crippen LogP contribution in [0.1, 0.15) is 47.7 Å². The van der Waals surface area contributed by atoms with Crippen molar-refractivity contribution in [1.82, 2.24) is 14.7 Å². The van der Waals surface area contributed by atoms with Gasteiger partial charge in [0, 0.05) is 18.9 Å². The number of rotatable bonds is 11. The Hall–Kier alpha value is -3.58. The summed E-state index contributed by atoms with van der Waals surface area (Å²) in [5.74, 6) is 0.0891. The number of Topliss-reactive ketones (excluding diaryl/α,β-unsaturated/α-hetero) is 1. The van der Waals surface area contributed by atoms with Crippen LogP contribution in [0.2, 0.25) is 0 Å². The summed E-state index contributed by atoms with van der Waals surface area (Å²) in [7, 11) is 4.06. The van der Waals surface area contributed by atoms with Gasteiger partial charge >= 0.3 is 5.97 Å². The maximum absolute atomic E-state index is 11.7. The Kier molecular flexibility index (Phi) is 12.4. The molecule has 0 saturated heterocycles. The molecule has 0 spiro atoms. The van der Waals surface area contributed by atoms with Crippen LogP contribution < -0.4 is 5.56 Å². The zero-order valence-corrected chi connectivity index (χ0v) is 22.7. The molecule has 0 aliphatic carbocycles. The number of carbonyl (C=O) groups excluding carboxylic acids is 2. The molecule has 0 bridgehead atoms. The van der Waals surface area contributed by atoms with Gasteiger partial charge in [-0.1, -0.05) is 54.1 Å². The number of nitrogens with zero attached hydrogens (tertiary/aromatic N) is 3. The van der Waals surface area contributed by atoms with Crippen molar-refractivity contribution in [1.29, 1.82) is 0 Å². The third-order valence-corrected chi connectivity index (χ3v) is 5.56. The number of hydrogen-bond donors (Lipinski definition) is 0. The maximum atomic E-state index is 11.7. The van der Waals surface area contributed by atoms with Crippen LogP contribution in [0.4, 0.5) is 0 Å². The first-order valence-electron chi connectivity index (χ1n) is 12.7. The zero-order chi connectivity index (χ0) is 27.2. The van der Waals surface area contributed by atoms with Crippen LogP contribution in [-0.2, 0) is 33.7 Å². The van der Waals surface area contributed by atoms with Crippen molar-refractivity contribution < 1.29 is 14.3 Å². The quantitative estimate of drug-likeness (QED) is 0.364. The average Bonchev–Trinajstić information content (AvgIpc) is 2.83. The monoisotopic (exact) mass is 505 g/mol. The van der Waals surface area contributed by atoms with Crippen molar-refractivity contribution in [3.8, 4) is 0 Å². The van der Waals surface area contributed by atoms with Gasteiger partial charge in [0.25, 0.3) is 5.56 Å². The topological polar surface area (TPSA) is 81.5 Å². The number of ketones is 1. The fourth-order valence-electron chi connectivity index (χ4n) is 3.67. The van der Waals surface area contributed by atoms with E-state index in [0.29, 0.717) is 31.8 Å². The van der Waals surface area contributed by atoms with E-state index >= 15 is 0 Å². The Morgan fingerprint density at radius 3 is 2.30 bits per heavy atom. The molecule has 0 fully saturated rings. The summed E-state index contributed by atoms with van der Waals surface area (Å²) in [6, 6.07) is 18.9. The Balaban J connectivity index is 0.000000271. The van der Waals surface area contributed by atoms with E-state index in [-0.39, 0.29) is 17.9 Å². The summed E-state index contributed by atoms with van der Waals surface area (Å²) in [4.78, 5) is 37.0. The molecule has 0 atom stereocenters. The lowest BCUT2D eigenvalue weighted by Gasteiger charge is -2.08. The molecular weight excluding hydrogens is 466 g/mol. The molecule has 0 radical (unpaired) electrons. The molecule has 0 amide bonds. The van der Waals surface area contributed by atoms with E-state index in [1.807, 2.05) is 57.4 Å². The van der Waals surface area contributed by atoms with Gasteiger partial charge in [0.05, 0.1) is 25.3 Å². The highest BCUT2D eigenvalue weighted by atomic mass is 16.5. The fraction of sp³-hybridized carbons (Fsp3) is 0.400. The van der Waals surface area contributed by atoms with E-state index in [0.717, 1.165) is 35.3 Å². The molecular formula is C30H39N3O4. The van der Waals surface area contributed by atoms with Gasteiger partial charge in [0.1, 0.15) is 5.78 Å². The minimum atomic E-state index is -0.250. The van der Waals surface area contributed by atoms with Crippen LogP contribution in [0.15, 0.2) is 65.5 Å². The SMILES string of the molecule is CCOC(=O)Cc1cccc(Cn2nc(C)ccc2=O)c1.Cc1ccc(CC(=O)CCCN(C)C)cc1. The molecule has 0 N–H and O–H groups in total. The van der Waals surface area contributed by atoms with Crippen LogP contribution in [0.3, 0.4) is 0 Å². The van der Waals surface area contributed by atoms with Crippen molar-refractivity contribution in [2.75, 3.05) is 27.2 Å². The molecule has 37 heavy (non-hydrogen) atoms. The minimum absolute atomic E-state index is 0.142. The lowest BCUT2D eigenvalue weighted by molar-refractivity contribution is -0.142.